The molecule has 0 fully saturated rings. The molecule has 0 aromatic heterocycles. The molecule has 1 aliphatic carbocycles. The molecule has 5 rings (SSSR count). The zero-order chi connectivity index (χ0) is 27.1. The summed E-state index contributed by atoms with van der Waals surface area (Å²) in [5, 5.41) is 7.01. The first-order chi connectivity index (χ1) is 18.2. The van der Waals surface area contributed by atoms with E-state index in [1.165, 1.54) is 11.1 Å². The third-order valence-corrected chi connectivity index (χ3v) is 7.47. The molecule has 0 spiro atoms. The van der Waals surface area contributed by atoms with E-state index in [2.05, 4.69) is 74.7 Å². The normalized spacial score (nSPS) is 12.5. The molecule has 4 heteroatoms. The summed E-state index contributed by atoms with van der Waals surface area (Å²) in [6.45, 7) is 12.7. The highest BCUT2D eigenvalue weighted by Crippen LogP contribution is 2.40. The third-order valence-electron chi connectivity index (χ3n) is 7.47. The number of anilines is 4. The second-order valence-corrected chi connectivity index (χ2v) is 10.8. The van der Waals surface area contributed by atoms with Gasteiger partial charge in [-0.25, -0.2) is 0 Å². The van der Waals surface area contributed by atoms with E-state index >= 15 is 0 Å². The van der Waals surface area contributed by atoms with Crippen LogP contribution in [0, 0.1) is 13.8 Å². The van der Waals surface area contributed by atoms with Crippen molar-refractivity contribution in [1.29, 1.82) is 0 Å². The minimum absolute atomic E-state index is 0.147. The van der Waals surface area contributed by atoms with Gasteiger partial charge in [0.25, 0.3) is 0 Å². The Balaban J connectivity index is 1.67. The quantitative estimate of drug-likeness (QED) is 0.243. The van der Waals surface area contributed by atoms with Gasteiger partial charge in [0.1, 0.15) is 0 Å². The second-order valence-electron chi connectivity index (χ2n) is 10.8. The van der Waals surface area contributed by atoms with E-state index < -0.39 is 0 Å². The number of benzene rings is 4. The van der Waals surface area contributed by atoms with Gasteiger partial charge in [-0.2, -0.15) is 0 Å². The van der Waals surface area contributed by atoms with E-state index in [0.717, 1.165) is 22.5 Å². The fourth-order valence-corrected chi connectivity index (χ4v) is 4.99. The van der Waals surface area contributed by atoms with Crippen LogP contribution in [0.4, 0.5) is 22.7 Å². The van der Waals surface area contributed by atoms with Gasteiger partial charge in [-0.05, 0) is 72.2 Å². The van der Waals surface area contributed by atoms with Crippen LogP contribution >= 0.6 is 0 Å². The summed E-state index contributed by atoms with van der Waals surface area (Å²) in [7, 11) is 0. The van der Waals surface area contributed by atoms with Crippen molar-refractivity contribution in [3.05, 3.63) is 117 Å². The van der Waals surface area contributed by atoms with Crippen LogP contribution in [0.2, 0.25) is 0 Å². The van der Waals surface area contributed by atoms with E-state index in [1.54, 1.807) is 24.3 Å². The van der Waals surface area contributed by atoms with Gasteiger partial charge in [0, 0.05) is 22.5 Å². The molecule has 4 nitrogen and oxygen atoms in total. The summed E-state index contributed by atoms with van der Waals surface area (Å²) in [5.74, 6) is 0.450. The fraction of sp³-hybridized carbons (Fsp3) is 0.235. The van der Waals surface area contributed by atoms with Crippen LogP contribution in [0.15, 0.2) is 72.8 Å². The first-order valence-corrected chi connectivity index (χ1v) is 13.3. The highest BCUT2D eigenvalue weighted by Gasteiger charge is 2.34. The van der Waals surface area contributed by atoms with Crippen LogP contribution in [-0.4, -0.2) is 11.6 Å². The monoisotopic (exact) mass is 502 g/mol. The smallest absolute Gasteiger partial charge is 0.196 e. The number of nitrogens with one attached hydrogen (secondary N) is 2. The molecule has 38 heavy (non-hydrogen) atoms. The Morgan fingerprint density at radius 3 is 1.29 bits per heavy atom. The summed E-state index contributed by atoms with van der Waals surface area (Å²) in [5.41, 5.74) is 9.38. The van der Waals surface area contributed by atoms with Crippen molar-refractivity contribution < 1.29 is 9.59 Å². The van der Waals surface area contributed by atoms with Crippen molar-refractivity contribution in [2.24, 2.45) is 0 Å². The number of hydrogen-bond acceptors (Lipinski definition) is 4. The molecule has 4 aromatic carbocycles. The molecule has 0 saturated carbocycles. The van der Waals surface area contributed by atoms with E-state index in [-0.39, 0.29) is 11.6 Å². The van der Waals surface area contributed by atoms with Crippen LogP contribution in [0.25, 0.3) is 0 Å². The van der Waals surface area contributed by atoms with Crippen molar-refractivity contribution in [3.63, 3.8) is 0 Å². The van der Waals surface area contributed by atoms with Gasteiger partial charge >= 0.3 is 0 Å². The Kier molecular flexibility index (Phi) is 6.66. The Labute approximate surface area is 225 Å². The number of aryl methyl sites for hydroxylation is 2. The lowest BCUT2D eigenvalue weighted by Crippen LogP contribution is -2.23. The largest absolute Gasteiger partial charge is 0.355 e. The minimum atomic E-state index is -0.147. The number of carbonyl (C=O) groups excluding carboxylic acids is 2. The zero-order valence-electron chi connectivity index (χ0n) is 22.9. The van der Waals surface area contributed by atoms with Gasteiger partial charge in [-0.15, -0.1) is 0 Å². The minimum Gasteiger partial charge on any atom is -0.355 e. The average molecular weight is 503 g/mol. The average Bonchev–Trinajstić information content (AvgIpc) is 2.90. The third kappa shape index (κ3) is 4.51. The summed E-state index contributed by atoms with van der Waals surface area (Å²) in [6.07, 6.45) is 0. The van der Waals surface area contributed by atoms with Crippen LogP contribution < -0.4 is 10.6 Å². The van der Waals surface area contributed by atoms with Crippen molar-refractivity contribution in [2.75, 3.05) is 10.6 Å². The summed E-state index contributed by atoms with van der Waals surface area (Å²) < 4.78 is 0. The number of ketones is 2. The van der Waals surface area contributed by atoms with E-state index in [1.807, 2.05) is 26.0 Å². The molecule has 2 N–H and O–H groups in total. The maximum atomic E-state index is 13.9. The van der Waals surface area contributed by atoms with Crippen molar-refractivity contribution in [1.82, 2.24) is 0 Å². The van der Waals surface area contributed by atoms with Gasteiger partial charge in [-0.3, -0.25) is 9.59 Å². The van der Waals surface area contributed by atoms with Crippen LogP contribution in [-0.2, 0) is 0 Å². The molecular formula is C34H34N2O2. The molecule has 0 heterocycles. The van der Waals surface area contributed by atoms with E-state index in [4.69, 9.17) is 0 Å². The number of fused-ring (bicyclic) bond motifs is 2. The van der Waals surface area contributed by atoms with Crippen molar-refractivity contribution >= 4 is 34.3 Å². The Bertz CT molecular complexity index is 1460. The molecule has 1 aliphatic rings. The van der Waals surface area contributed by atoms with Gasteiger partial charge < -0.3 is 10.6 Å². The van der Waals surface area contributed by atoms with E-state index in [9.17, 15) is 9.59 Å². The first kappa shape index (κ1) is 25.5. The summed E-state index contributed by atoms with van der Waals surface area (Å²) >= 11 is 0. The molecule has 0 atom stereocenters. The Morgan fingerprint density at radius 2 is 0.921 bits per heavy atom. The van der Waals surface area contributed by atoms with Gasteiger partial charge in [0.2, 0.25) is 0 Å². The van der Waals surface area contributed by atoms with Crippen LogP contribution in [0.1, 0.15) is 93.6 Å². The lowest BCUT2D eigenvalue weighted by Gasteiger charge is -2.25. The molecular weight excluding hydrogens is 468 g/mol. The van der Waals surface area contributed by atoms with Crippen LogP contribution in [0.3, 0.4) is 0 Å². The number of rotatable bonds is 6. The molecule has 0 bridgehead atoms. The SMILES string of the molecule is Cc1ccc(C(C)C)cc1Nc1ccc(Nc2cc(C(C)C)ccc2C)c2c1C(=O)c1ccccc1C2=O. The van der Waals surface area contributed by atoms with Crippen LogP contribution in [0.5, 0.6) is 0 Å². The summed E-state index contributed by atoms with van der Waals surface area (Å²) in [6, 6.07) is 23.6. The standard InChI is InChI=1S/C34H34N2O2/c1-19(2)23-13-11-21(5)29(17-23)35-27-15-16-28(36-30-18-24(20(3)4)14-12-22(30)6)32-31(27)33(37)25-9-7-8-10-26(25)34(32)38/h7-20,35-36H,1-6H3. The topological polar surface area (TPSA) is 58.2 Å². The molecule has 0 aliphatic heterocycles. The zero-order valence-corrected chi connectivity index (χ0v) is 22.9. The fourth-order valence-electron chi connectivity index (χ4n) is 4.99. The molecule has 4 aromatic rings. The predicted molar refractivity (Wildman–Crippen MR) is 157 cm³/mol. The molecule has 192 valence electrons. The number of carbonyl (C=O) groups is 2. The summed E-state index contributed by atoms with van der Waals surface area (Å²) in [4.78, 5) is 27.8. The lowest BCUT2D eigenvalue weighted by atomic mass is 9.82. The van der Waals surface area contributed by atoms with Gasteiger partial charge in [0.15, 0.2) is 11.6 Å². The molecule has 0 unspecified atom stereocenters. The second kappa shape index (κ2) is 9.94. The number of hydrogen-bond donors (Lipinski definition) is 2. The van der Waals surface area contributed by atoms with Gasteiger partial charge in [0.05, 0.1) is 22.5 Å². The Hall–Kier alpha value is -4.18. The van der Waals surface area contributed by atoms with Crippen molar-refractivity contribution in [2.45, 2.75) is 53.4 Å². The van der Waals surface area contributed by atoms with E-state index in [0.29, 0.717) is 45.5 Å². The first-order valence-electron chi connectivity index (χ1n) is 13.3. The van der Waals surface area contributed by atoms with Crippen molar-refractivity contribution in [3.8, 4) is 0 Å². The Morgan fingerprint density at radius 1 is 0.526 bits per heavy atom. The molecule has 0 saturated heterocycles. The highest BCUT2D eigenvalue weighted by atomic mass is 16.1. The maximum Gasteiger partial charge on any atom is 0.196 e. The molecule has 0 radical (unpaired) electrons. The predicted octanol–water partition coefficient (Wildman–Crippen LogP) is 8.81. The maximum absolute atomic E-state index is 13.9. The lowest BCUT2D eigenvalue weighted by molar-refractivity contribution is 0.0980. The molecule has 0 amide bonds. The highest BCUT2D eigenvalue weighted by molar-refractivity contribution is 6.32. The van der Waals surface area contributed by atoms with Gasteiger partial charge in [-0.1, -0.05) is 76.2 Å².